The van der Waals surface area contributed by atoms with E-state index >= 15 is 0 Å². The summed E-state index contributed by atoms with van der Waals surface area (Å²) < 4.78 is 16.7. The van der Waals surface area contributed by atoms with Crippen molar-refractivity contribution in [1.29, 1.82) is 0 Å². The third kappa shape index (κ3) is 2.39. The van der Waals surface area contributed by atoms with Crippen LogP contribution < -0.4 is 9.47 Å². The molecule has 1 heterocycles. The van der Waals surface area contributed by atoms with Crippen LogP contribution in [0.15, 0.2) is 12.1 Å². The Balaban J connectivity index is 2.32. The summed E-state index contributed by atoms with van der Waals surface area (Å²) in [5, 5.41) is 0. The van der Waals surface area contributed by atoms with E-state index in [1.807, 2.05) is 19.9 Å². The van der Waals surface area contributed by atoms with Gasteiger partial charge in [-0.25, -0.2) is 0 Å². The normalized spacial score (nSPS) is 22.8. The highest BCUT2D eigenvalue weighted by Gasteiger charge is 2.26. The quantitative estimate of drug-likeness (QED) is 0.806. The third-order valence-corrected chi connectivity index (χ3v) is 3.22. The number of hydrogen-bond acceptors (Lipinski definition) is 3. The van der Waals surface area contributed by atoms with Crippen molar-refractivity contribution in [2.24, 2.45) is 0 Å². The van der Waals surface area contributed by atoms with Gasteiger partial charge in [-0.15, -0.1) is 0 Å². The Morgan fingerprint density at radius 1 is 1.41 bits per heavy atom. The van der Waals surface area contributed by atoms with Crippen LogP contribution >= 0.6 is 0 Å². The second kappa shape index (κ2) is 4.96. The van der Waals surface area contributed by atoms with Gasteiger partial charge in [-0.1, -0.05) is 6.92 Å². The van der Waals surface area contributed by atoms with Gasteiger partial charge >= 0.3 is 0 Å². The van der Waals surface area contributed by atoms with E-state index in [9.17, 15) is 0 Å². The van der Waals surface area contributed by atoms with Crippen LogP contribution in [0.2, 0.25) is 0 Å². The van der Waals surface area contributed by atoms with Gasteiger partial charge in [0.15, 0.2) is 6.29 Å². The van der Waals surface area contributed by atoms with Gasteiger partial charge in [0.2, 0.25) is 0 Å². The Bertz CT molecular complexity index is 401. The summed E-state index contributed by atoms with van der Waals surface area (Å²) in [4.78, 5) is 0. The van der Waals surface area contributed by atoms with Gasteiger partial charge in [0, 0.05) is 18.6 Å². The smallest absolute Gasteiger partial charge is 0.200 e. The molecule has 1 aliphatic heterocycles. The lowest BCUT2D eigenvalue weighted by atomic mass is 9.93. The first-order chi connectivity index (χ1) is 8.15. The van der Waals surface area contributed by atoms with E-state index in [1.54, 1.807) is 7.11 Å². The molecule has 0 amide bonds. The molecule has 0 saturated carbocycles. The molecule has 0 unspecified atom stereocenters. The number of fused-ring (bicyclic) bond motifs is 1. The molecule has 3 nitrogen and oxygen atoms in total. The fourth-order valence-corrected chi connectivity index (χ4v) is 2.28. The molecular formula is C14H20O3. The zero-order valence-corrected chi connectivity index (χ0v) is 10.9. The van der Waals surface area contributed by atoms with Gasteiger partial charge in [-0.05, 0) is 37.5 Å². The number of benzene rings is 1. The van der Waals surface area contributed by atoms with Crippen molar-refractivity contribution < 1.29 is 14.2 Å². The molecule has 1 aliphatic rings. The van der Waals surface area contributed by atoms with Gasteiger partial charge in [0.1, 0.15) is 11.5 Å². The Kier molecular flexibility index (Phi) is 3.57. The Hall–Kier alpha value is -1.22. The second-order valence-corrected chi connectivity index (χ2v) is 4.50. The van der Waals surface area contributed by atoms with Crippen LogP contribution in [0.1, 0.15) is 37.3 Å². The summed E-state index contributed by atoms with van der Waals surface area (Å²) in [5.41, 5.74) is 2.30. The van der Waals surface area contributed by atoms with Crippen molar-refractivity contribution in [2.45, 2.75) is 39.4 Å². The SMILES string of the molecule is CCO[C@@H]1C[C@H](C)c2cc(OC)c(C)cc2O1. The molecule has 1 aromatic rings. The van der Waals surface area contributed by atoms with Crippen molar-refractivity contribution >= 4 is 0 Å². The van der Waals surface area contributed by atoms with E-state index in [2.05, 4.69) is 13.0 Å². The highest BCUT2D eigenvalue weighted by Crippen LogP contribution is 2.39. The Morgan fingerprint density at radius 3 is 2.82 bits per heavy atom. The average molecular weight is 236 g/mol. The molecule has 2 atom stereocenters. The molecule has 0 spiro atoms. The van der Waals surface area contributed by atoms with Gasteiger partial charge in [-0.3, -0.25) is 0 Å². The van der Waals surface area contributed by atoms with Crippen LogP contribution in [-0.4, -0.2) is 20.0 Å². The molecule has 94 valence electrons. The minimum atomic E-state index is -0.115. The molecule has 1 aromatic carbocycles. The Labute approximate surface area is 103 Å². The molecule has 0 bridgehead atoms. The van der Waals surface area contributed by atoms with Crippen molar-refractivity contribution in [3.05, 3.63) is 23.3 Å². The van der Waals surface area contributed by atoms with Crippen LogP contribution in [0.3, 0.4) is 0 Å². The van der Waals surface area contributed by atoms with Crippen molar-refractivity contribution in [3.63, 3.8) is 0 Å². The third-order valence-electron chi connectivity index (χ3n) is 3.22. The first-order valence-electron chi connectivity index (χ1n) is 6.12. The van der Waals surface area contributed by atoms with E-state index in [0.717, 1.165) is 23.5 Å². The first kappa shape index (κ1) is 12.2. The van der Waals surface area contributed by atoms with E-state index in [0.29, 0.717) is 12.5 Å². The monoisotopic (exact) mass is 236 g/mol. The number of aryl methyl sites for hydroxylation is 1. The summed E-state index contributed by atoms with van der Waals surface area (Å²) in [6.45, 7) is 6.89. The molecule has 0 aliphatic carbocycles. The molecule has 2 rings (SSSR count). The zero-order valence-electron chi connectivity index (χ0n) is 10.9. The molecule has 3 heteroatoms. The van der Waals surface area contributed by atoms with E-state index in [-0.39, 0.29) is 6.29 Å². The van der Waals surface area contributed by atoms with Crippen LogP contribution in [0, 0.1) is 6.92 Å². The topological polar surface area (TPSA) is 27.7 Å². The zero-order chi connectivity index (χ0) is 12.4. The predicted octanol–water partition coefficient (Wildman–Crippen LogP) is 3.25. The highest BCUT2D eigenvalue weighted by molar-refractivity contribution is 5.48. The lowest BCUT2D eigenvalue weighted by Crippen LogP contribution is -2.27. The van der Waals surface area contributed by atoms with Gasteiger partial charge in [-0.2, -0.15) is 0 Å². The molecule has 17 heavy (non-hydrogen) atoms. The van der Waals surface area contributed by atoms with Gasteiger partial charge in [0.05, 0.1) is 7.11 Å². The number of methoxy groups -OCH3 is 1. The van der Waals surface area contributed by atoms with Gasteiger partial charge < -0.3 is 14.2 Å². The molecule has 0 N–H and O–H groups in total. The summed E-state index contributed by atoms with van der Waals surface area (Å²) in [6.07, 6.45) is 0.780. The standard InChI is InChI=1S/C14H20O3/c1-5-16-14-7-9(2)11-8-12(15-4)10(3)6-13(11)17-14/h6,8-9,14H,5,7H2,1-4H3/t9-,14-/m0/s1. The lowest BCUT2D eigenvalue weighted by Gasteiger charge is -2.30. The fraction of sp³-hybridized carbons (Fsp3) is 0.571. The second-order valence-electron chi connectivity index (χ2n) is 4.50. The highest BCUT2D eigenvalue weighted by atomic mass is 16.7. The molecule has 0 fully saturated rings. The molecule has 0 saturated heterocycles. The van der Waals surface area contributed by atoms with Crippen molar-refractivity contribution in [3.8, 4) is 11.5 Å². The average Bonchev–Trinajstić information content (AvgIpc) is 2.28. The fourth-order valence-electron chi connectivity index (χ4n) is 2.28. The van der Waals surface area contributed by atoms with Crippen molar-refractivity contribution in [1.82, 2.24) is 0 Å². The summed E-state index contributed by atoms with van der Waals surface area (Å²) >= 11 is 0. The van der Waals surface area contributed by atoms with Crippen LogP contribution in [0.4, 0.5) is 0 Å². The van der Waals surface area contributed by atoms with Crippen LogP contribution in [0.25, 0.3) is 0 Å². The van der Waals surface area contributed by atoms with E-state index < -0.39 is 0 Å². The lowest BCUT2D eigenvalue weighted by molar-refractivity contribution is -0.0906. The maximum atomic E-state index is 5.85. The molecule has 0 radical (unpaired) electrons. The molecule has 0 aromatic heterocycles. The minimum Gasteiger partial charge on any atom is -0.496 e. The maximum Gasteiger partial charge on any atom is 0.200 e. The minimum absolute atomic E-state index is 0.115. The van der Waals surface area contributed by atoms with Crippen LogP contribution in [0.5, 0.6) is 11.5 Å². The van der Waals surface area contributed by atoms with Gasteiger partial charge in [0.25, 0.3) is 0 Å². The number of rotatable bonds is 3. The van der Waals surface area contributed by atoms with E-state index in [1.165, 1.54) is 5.56 Å². The predicted molar refractivity (Wildman–Crippen MR) is 66.8 cm³/mol. The summed E-state index contributed by atoms with van der Waals surface area (Å²) in [5.74, 6) is 2.29. The summed E-state index contributed by atoms with van der Waals surface area (Å²) in [7, 11) is 1.70. The maximum absolute atomic E-state index is 5.85. The Morgan fingerprint density at radius 2 is 2.18 bits per heavy atom. The van der Waals surface area contributed by atoms with Crippen molar-refractivity contribution in [2.75, 3.05) is 13.7 Å². The molecular weight excluding hydrogens is 216 g/mol. The van der Waals surface area contributed by atoms with Crippen LogP contribution in [-0.2, 0) is 4.74 Å². The van der Waals surface area contributed by atoms with E-state index in [4.69, 9.17) is 14.2 Å². The number of hydrogen-bond donors (Lipinski definition) is 0. The first-order valence-corrected chi connectivity index (χ1v) is 6.12. The number of ether oxygens (including phenoxy) is 3. The largest absolute Gasteiger partial charge is 0.496 e. The summed E-state index contributed by atoms with van der Waals surface area (Å²) in [6, 6.07) is 4.12.